The lowest BCUT2D eigenvalue weighted by atomic mass is 10.1. The van der Waals surface area contributed by atoms with E-state index in [1.807, 2.05) is 14.1 Å². The second kappa shape index (κ2) is 16.2. The number of rotatable bonds is 16. The molecule has 0 amide bonds. The summed E-state index contributed by atoms with van der Waals surface area (Å²) in [5.74, 6) is 1.46. The van der Waals surface area contributed by atoms with Crippen LogP contribution in [0.2, 0.25) is 0 Å². The first kappa shape index (κ1) is 20.8. The van der Waals surface area contributed by atoms with Gasteiger partial charge in [0.1, 0.15) is 0 Å². The highest BCUT2D eigenvalue weighted by Crippen LogP contribution is 2.02. The van der Waals surface area contributed by atoms with Crippen LogP contribution < -0.4 is 21.3 Å². The Kier molecular flexibility index (Phi) is 16.1. The number of nitrogens with one attached hydrogen (secondary N) is 4. The molecule has 0 radical (unpaired) electrons. The second-order valence-electron chi connectivity index (χ2n) is 6.50. The molecule has 0 saturated heterocycles. The third kappa shape index (κ3) is 16.0. The van der Waals surface area contributed by atoms with Crippen molar-refractivity contribution >= 4 is 0 Å². The molecule has 4 nitrogen and oxygen atoms in total. The van der Waals surface area contributed by atoms with Crippen LogP contribution in [0.1, 0.15) is 46.0 Å². The van der Waals surface area contributed by atoms with E-state index in [4.69, 9.17) is 0 Å². The Morgan fingerprint density at radius 2 is 0.952 bits per heavy atom. The van der Waals surface area contributed by atoms with Gasteiger partial charge < -0.3 is 21.3 Å². The van der Waals surface area contributed by atoms with Crippen molar-refractivity contribution in [1.29, 1.82) is 0 Å². The molecule has 0 fully saturated rings. The first-order chi connectivity index (χ1) is 10.2. The summed E-state index contributed by atoms with van der Waals surface area (Å²) in [6.45, 7) is 11.4. The van der Waals surface area contributed by atoms with Crippen molar-refractivity contribution < 1.29 is 0 Å². The smallest absolute Gasteiger partial charge is 0.00110 e. The summed E-state index contributed by atoms with van der Waals surface area (Å²) in [6.07, 6.45) is 6.74. The van der Waals surface area contributed by atoms with Gasteiger partial charge in [-0.2, -0.15) is 0 Å². The van der Waals surface area contributed by atoms with Crippen LogP contribution in [0.5, 0.6) is 0 Å². The molecule has 0 aromatic heterocycles. The SMILES string of the molecule is CNC[C@@H](C)CNCCCCCCCNC[C@@H](C)CNC. The van der Waals surface area contributed by atoms with E-state index in [2.05, 4.69) is 35.1 Å². The minimum Gasteiger partial charge on any atom is -0.319 e. The maximum atomic E-state index is 3.55. The van der Waals surface area contributed by atoms with Gasteiger partial charge in [0.05, 0.1) is 0 Å². The van der Waals surface area contributed by atoms with Crippen molar-refractivity contribution in [2.24, 2.45) is 11.8 Å². The summed E-state index contributed by atoms with van der Waals surface area (Å²) in [5, 5.41) is 13.5. The highest BCUT2D eigenvalue weighted by atomic mass is 14.9. The zero-order valence-electron chi connectivity index (χ0n) is 14.9. The fourth-order valence-electron chi connectivity index (χ4n) is 2.57. The van der Waals surface area contributed by atoms with Crippen LogP contribution in [0, 0.1) is 11.8 Å². The molecule has 128 valence electrons. The van der Waals surface area contributed by atoms with Crippen molar-refractivity contribution in [1.82, 2.24) is 21.3 Å². The van der Waals surface area contributed by atoms with Crippen LogP contribution in [0.25, 0.3) is 0 Å². The summed E-state index contributed by atoms with van der Waals surface area (Å²) in [5.41, 5.74) is 0. The molecule has 2 atom stereocenters. The van der Waals surface area contributed by atoms with Crippen LogP contribution in [-0.4, -0.2) is 53.4 Å². The molecule has 0 aromatic carbocycles. The van der Waals surface area contributed by atoms with Crippen molar-refractivity contribution in [3.63, 3.8) is 0 Å². The maximum Gasteiger partial charge on any atom is -0.00110 e. The molecule has 0 rings (SSSR count). The zero-order chi connectivity index (χ0) is 15.8. The monoisotopic (exact) mass is 300 g/mol. The van der Waals surface area contributed by atoms with Gasteiger partial charge in [-0.15, -0.1) is 0 Å². The van der Waals surface area contributed by atoms with Crippen molar-refractivity contribution in [2.45, 2.75) is 46.0 Å². The molecule has 21 heavy (non-hydrogen) atoms. The molecule has 0 aliphatic carbocycles. The van der Waals surface area contributed by atoms with Crippen LogP contribution in [-0.2, 0) is 0 Å². The van der Waals surface area contributed by atoms with Crippen LogP contribution >= 0.6 is 0 Å². The summed E-state index contributed by atoms with van der Waals surface area (Å²) in [6, 6.07) is 0. The molecular formula is C17H40N4. The highest BCUT2D eigenvalue weighted by molar-refractivity contribution is 4.60. The Morgan fingerprint density at radius 3 is 1.33 bits per heavy atom. The standard InChI is InChI=1S/C17H40N4/c1-16(12-18-3)14-20-10-8-6-5-7-9-11-21-15-17(2)13-19-4/h16-21H,5-15H2,1-4H3/t16-,17+. The van der Waals surface area contributed by atoms with E-state index < -0.39 is 0 Å². The normalized spacial score (nSPS) is 14.3. The third-order valence-electron chi connectivity index (χ3n) is 3.80. The summed E-state index contributed by atoms with van der Waals surface area (Å²) in [4.78, 5) is 0. The molecule has 0 spiro atoms. The average molecular weight is 301 g/mol. The van der Waals surface area contributed by atoms with E-state index >= 15 is 0 Å². The zero-order valence-corrected chi connectivity index (χ0v) is 14.9. The summed E-state index contributed by atoms with van der Waals surface area (Å²) < 4.78 is 0. The summed E-state index contributed by atoms with van der Waals surface area (Å²) in [7, 11) is 4.04. The van der Waals surface area contributed by atoms with E-state index in [-0.39, 0.29) is 0 Å². The van der Waals surface area contributed by atoms with Gasteiger partial charge in [0.2, 0.25) is 0 Å². The van der Waals surface area contributed by atoms with Gasteiger partial charge >= 0.3 is 0 Å². The topological polar surface area (TPSA) is 48.1 Å². The molecular weight excluding hydrogens is 260 g/mol. The van der Waals surface area contributed by atoms with E-state index in [9.17, 15) is 0 Å². The van der Waals surface area contributed by atoms with Gasteiger partial charge in [-0.1, -0.05) is 33.1 Å². The Bertz CT molecular complexity index is 179. The van der Waals surface area contributed by atoms with Crippen LogP contribution in [0.3, 0.4) is 0 Å². The van der Waals surface area contributed by atoms with Gasteiger partial charge in [0, 0.05) is 0 Å². The first-order valence-corrected chi connectivity index (χ1v) is 8.91. The molecule has 0 aromatic rings. The van der Waals surface area contributed by atoms with Crippen molar-refractivity contribution in [2.75, 3.05) is 53.4 Å². The minimum absolute atomic E-state index is 0.728. The number of hydrogen-bond donors (Lipinski definition) is 4. The largest absolute Gasteiger partial charge is 0.319 e. The van der Waals surface area contributed by atoms with Gasteiger partial charge in [0.15, 0.2) is 0 Å². The maximum absolute atomic E-state index is 3.55. The molecule has 0 heterocycles. The molecule has 0 aliphatic rings. The van der Waals surface area contributed by atoms with Crippen molar-refractivity contribution in [3.05, 3.63) is 0 Å². The van der Waals surface area contributed by atoms with Crippen molar-refractivity contribution in [3.8, 4) is 0 Å². The third-order valence-corrected chi connectivity index (χ3v) is 3.80. The van der Waals surface area contributed by atoms with Gasteiger partial charge in [0.25, 0.3) is 0 Å². The van der Waals surface area contributed by atoms with E-state index in [1.54, 1.807) is 0 Å². The fourth-order valence-corrected chi connectivity index (χ4v) is 2.57. The van der Waals surface area contributed by atoms with Gasteiger partial charge in [-0.3, -0.25) is 0 Å². The van der Waals surface area contributed by atoms with E-state index in [0.717, 1.165) is 38.0 Å². The first-order valence-electron chi connectivity index (χ1n) is 8.91. The van der Waals surface area contributed by atoms with Gasteiger partial charge in [-0.05, 0) is 78.0 Å². The van der Waals surface area contributed by atoms with Crippen LogP contribution in [0.15, 0.2) is 0 Å². The molecule has 0 bridgehead atoms. The Hall–Kier alpha value is -0.160. The molecule has 4 N–H and O–H groups in total. The lowest BCUT2D eigenvalue weighted by Gasteiger charge is -2.12. The molecule has 0 saturated carbocycles. The van der Waals surface area contributed by atoms with E-state index in [0.29, 0.717) is 0 Å². The summed E-state index contributed by atoms with van der Waals surface area (Å²) >= 11 is 0. The fraction of sp³-hybridized carbons (Fsp3) is 1.00. The lowest BCUT2D eigenvalue weighted by molar-refractivity contribution is 0.471. The molecule has 0 unspecified atom stereocenters. The predicted octanol–water partition coefficient (Wildman–Crippen LogP) is 1.83. The Morgan fingerprint density at radius 1 is 0.571 bits per heavy atom. The molecule has 4 heteroatoms. The number of unbranched alkanes of at least 4 members (excludes halogenated alkanes) is 4. The minimum atomic E-state index is 0.728. The quantitative estimate of drug-likeness (QED) is 0.329. The highest BCUT2D eigenvalue weighted by Gasteiger charge is 2.00. The second-order valence-corrected chi connectivity index (χ2v) is 6.50. The Labute approximate surface area is 133 Å². The average Bonchev–Trinajstić information content (AvgIpc) is 2.45. The molecule has 0 aliphatic heterocycles. The van der Waals surface area contributed by atoms with Gasteiger partial charge in [-0.25, -0.2) is 0 Å². The van der Waals surface area contributed by atoms with Crippen LogP contribution in [0.4, 0.5) is 0 Å². The number of hydrogen-bond acceptors (Lipinski definition) is 4. The van der Waals surface area contributed by atoms with E-state index in [1.165, 1.54) is 45.2 Å². The predicted molar refractivity (Wildman–Crippen MR) is 95.0 cm³/mol. The lowest BCUT2D eigenvalue weighted by Crippen LogP contribution is -2.28. The Balaban J connectivity index is 3.09.